The summed E-state index contributed by atoms with van der Waals surface area (Å²) in [5.41, 5.74) is 1.14. The van der Waals surface area contributed by atoms with Crippen LogP contribution in [0.25, 0.3) is 5.82 Å². The Hall–Kier alpha value is -2.74. The molecule has 3 N–H and O–H groups in total. The van der Waals surface area contributed by atoms with Crippen molar-refractivity contribution in [3.05, 3.63) is 41.9 Å². The van der Waals surface area contributed by atoms with Gasteiger partial charge in [-0.25, -0.2) is 9.67 Å². The molecule has 2 aliphatic rings. The fraction of sp³-hybridized carbons (Fsp3) is 0.524. The van der Waals surface area contributed by atoms with Gasteiger partial charge in [0.25, 0.3) is 5.91 Å². The first-order valence-corrected chi connectivity index (χ1v) is 10.3. The maximum absolute atomic E-state index is 12.8. The summed E-state index contributed by atoms with van der Waals surface area (Å²) in [5, 5.41) is 20.8. The molecule has 154 valence electrons. The third-order valence-corrected chi connectivity index (χ3v) is 6.08. The molecule has 2 fully saturated rings. The number of nitrogens with zero attached hydrogens (tertiary/aromatic N) is 3. The first-order valence-electron chi connectivity index (χ1n) is 10.3. The minimum atomic E-state index is -0.740. The molecule has 2 amide bonds. The summed E-state index contributed by atoms with van der Waals surface area (Å²) in [6.45, 7) is 1.81. The summed E-state index contributed by atoms with van der Waals surface area (Å²) < 4.78 is 1.62. The maximum atomic E-state index is 12.8. The van der Waals surface area contributed by atoms with E-state index in [1.807, 2.05) is 25.1 Å². The minimum Gasteiger partial charge on any atom is -0.391 e. The van der Waals surface area contributed by atoms with Crippen LogP contribution in [0.1, 0.15) is 54.6 Å². The van der Waals surface area contributed by atoms with E-state index in [2.05, 4.69) is 20.7 Å². The molecule has 8 heteroatoms. The highest BCUT2D eigenvalue weighted by atomic mass is 16.3. The average Bonchev–Trinajstić information content (AvgIpc) is 3.08. The van der Waals surface area contributed by atoms with Crippen LogP contribution in [0.2, 0.25) is 0 Å². The van der Waals surface area contributed by atoms with Gasteiger partial charge >= 0.3 is 0 Å². The molecule has 0 spiro atoms. The minimum absolute atomic E-state index is 0.0333. The summed E-state index contributed by atoms with van der Waals surface area (Å²) >= 11 is 0. The van der Waals surface area contributed by atoms with Crippen LogP contribution >= 0.6 is 0 Å². The van der Waals surface area contributed by atoms with Crippen LogP contribution < -0.4 is 10.6 Å². The van der Waals surface area contributed by atoms with Crippen molar-refractivity contribution in [3.63, 3.8) is 0 Å². The van der Waals surface area contributed by atoms with Gasteiger partial charge in [-0.05, 0) is 57.6 Å². The molecule has 2 aromatic rings. The average molecular weight is 397 g/mol. The number of rotatable bonds is 5. The molecule has 4 rings (SSSR count). The van der Waals surface area contributed by atoms with Gasteiger partial charge in [0.05, 0.1) is 29.6 Å². The number of pyridine rings is 1. The number of aliphatic hydroxyl groups excluding tert-OH is 1. The summed E-state index contributed by atoms with van der Waals surface area (Å²) in [6.07, 6.45) is 7.32. The second kappa shape index (κ2) is 8.32. The molecule has 0 bridgehead atoms. The van der Waals surface area contributed by atoms with Crippen molar-refractivity contribution in [1.82, 2.24) is 25.4 Å². The largest absolute Gasteiger partial charge is 0.391 e. The highest BCUT2D eigenvalue weighted by Crippen LogP contribution is 2.27. The Balaban J connectivity index is 1.36. The highest BCUT2D eigenvalue weighted by Gasteiger charge is 2.35. The lowest BCUT2D eigenvalue weighted by atomic mass is 9.82. The van der Waals surface area contributed by atoms with E-state index in [1.54, 1.807) is 10.9 Å². The van der Waals surface area contributed by atoms with Crippen molar-refractivity contribution in [2.45, 2.75) is 63.6 Å². The molecular formula is C21H27N5O3. The number of carbonyl (C=O) groups excluding carboxylic acids is 2. The SMILES string of the molecule is Cc1c(C(=O)N[C@H]2CC[C@H](C(=O)NC3CCC3)C[C@@H]2O)cnn1-c1ccccn1. The van der Waals surface area contributed by atoms with Gasteiger partial charge in [0.15, 0.2) is 5.82 Å². The summed E-state index contributed by atoms with van der Waals surface area (Å²) in [5.74, 6) is 0.214. The quantitative estimate of drug-likeness (QED) is 0.708. The molecule has 2 heterocycles. The lowest BCUT2D eigenvalue weighted by Gasteiger charge is -2.35. The molecule has 0 unspecified atom stereocenters. The standard InChI is InChI=1S/C21H27N5O3/c1-13-16(12-23-26(13)19-7-2-3-10-22-19)21(29)25-17-9-8-14(11-18(17)27)20(28)24-15-5-4-6-15/h2-3,7,10,12,14-15,17-18,27H,4-6,8-9,11H2,1H3,(H,24,28)(H,25,29)/t14-,17-,18-/m0/s1. The molecule has 2 aliphatic carbocycles. The van der Waals surface area contributed by atoms with E-state index in [9.17, 15) is 14.7 Å². The number of aromatic nitrogens is 3. The van der Waals surface area contributed by atoms with Crippen molar-refractivity contribution in [2.75, 3.05) is 0 Å². The van der Waals surface area contributed by atoms with E-state index in [0.717, 1.165) is 12.8 Å². The lowest BCUT2D eigenvalue weighted by molar-refractivity contribution is -0.128. The molecule has 0 saturated heterocycles. The molecule has 0 aromatic carbocycles. The van der Waals surface area contributed by atoms with Crippen LogP contribution in [0, 0.1) is 12.8 Å². The summed E-state index contributed by atoms with van der Waals surface area (Å²) in [4.78, 5) is 29.4. The number of amides is 2. The highest BCUT2D eigenvalue weighted by molar-refractivity contribution is 5.95. The number of hydrogen-bond donors (Lipinski definition) is 3. The van der Waals surface area contributed by atoms with Gasteiger partial charge in [0, 0.05) is 18.2 Å². The first-order chi connectivity index (χ1) is 14.0. The Kier molecular flexibility index (Phi) is 5.62. The van der Waals surface area contributed by atoms with E-state index in [0.29, 0.717) is 42.4 Å². The number of hydrogen-bond acceptors (Lipinski definition) is 5. The molecular weight excluding hydrogens is 370 g/mol. The Morgan fingerprint density at radius 2 is 2.00 bits per heavy atom. The molecule has 29 heavy (non-hydrogen) atoms. The Labute approximate surface area is 169 Å². The van der Waals surface area contributed by atoms with Gasteiger partial charge in [-0.3, -0.25) is 9.59 Å². The second-order valence-corrected chi connectivity index (χ2v) is 8.04. The van der Waals surface area contributed by atoms with Gasteiger partial charge in [0.1, 0.15) is 0 Å². The fourth-order valence-corrected chi connectivity index (χ4v) is 4.01. The van der Waals surface area contributed by atoms with E-state index in [-0.39, 0.29) is 23.8 Å². The Bertz CT molecular complexity index is 878. The monoisotopic (exact) mass is 397 g/mol. The molecule has 2 aromatic heterocycles. The van der Waals surface area contributed by atoms with Gasteiger partial charge in [0.2, 0.25) is 5.91 Å². The van der Waals surface area contributed by atoms with Gasteiger partial charge in [-0.2, -0.15) is 5.10 Å². The van der Waals surface area contributed by atoms with Crippen molar-refractivity contribution in [1.29, 1.82) is 0 Å². The predicted octanol–water partition coefficient (Wildman–Crippen LogP) is 1.50. The molecule has 8 nitrogen and oxygen atoms in total. The second-order valence-electron chi connectivity index (χ2n) is 8.04. The van der Waals surface area contributed by atoms with Crippen LogP contribution in [-0.2, 0) is 4.79 Å². The molecule has 0 aliphatic heterocycles. The van der Waals surface area contributed by atoms with Crippen LogP contribution in [0.5, 0.6) is 0 Å². The number of carbonyl (C=O) groups is 2. The summed E-state index contributed by atoms with van der Waals surface area (Å²) in [7, 11) is 0. The summed E-state index contributed by atoms with van der Waals surface area (Å²) in [6, 6.07) is 5.43. The molecule has 3 atom stereocenters. The van der Waals surface area contributed by atoms with Crippen molar-refractivity contribution < 1.29 is 14.7 Å². The van der Waals surface area contributed by atoms with Crippen molar-refractivity contribution >= 4 is 11.8 Å². The van der Waals surface area contributed by atoms with Crippen LogP contribution in [0.4, 0.5) is 0 Å². The third-order valence-electron chi connectivity index (χ3n) is 6.08. The number of nitrogens with one attached hydrogen (secondary N) is 2. The number of aliphatic hydroxyl groups is 1. The van der Waals surface area contributed by atoms with E-state index < -0.39 is 6.10 Å². The van der Waals surface area contributed by atoms with Gasteiger partial charge in [-0.15, -0.1) is 0 Å². The Morgan fingerprint density at radius 3 is 2.66 bits per heavy atom. The van der Waals surface area contributed by atoms with Crippen molar-refractivity contribution in [2.24, 2.45) is 5.92 Å². The van der Waals surface area contributed by atoms with Crippen LogP contribution in [0.15, 0.2) is 30.6 Å². The zero-order chi connectivity index (χ0) is 20.4. The molecule has 2 saturated carbocycles. The normalized spacial score (nSPS) is 24.6. The fourth-order valence-electron chi connectivity index (χ4n) is 4.01. The van der Waals surface area contributed by atoms with E-state index in [4.69, 9.17) is 0 Å². The lowest BCUT2D eigenvalue weighted by Crippen LogP contribution is -2.50. The molecule has 0 radical (unpaired) electrons. The maximum Gasteiger partial charge on any atom is 0.255 e. The Morgan fingerprint density at radius 1 is 1.17 bits per heavy atom. The van der Waals surface area contributed by atoms with Crippen LogP contribution in [0.3, 0.4) is 0 Å². The van der Waals surface area contributed by atoms with Crippen LogP contribution in [-0.4, -0.2) is 49.9 Å². The smallest absolute Gasteiger partial charge is 0.255 e. The van der Waals surface area contributed by atoms with E-state index in [1.165, 1.54) is 12.6 Å². The topological polar surface area (TPSA) is 109 Å². The zero-order valence-electron chi connectivity index (χ0n) is 16.5. The van der Waals surface area contributed by atoms with Gasteiger partial charge < -0.3 is 15.7 Å². The van der Waals surface area contributed by atoms with Gasteiger partial charge in [-0.1, -0.05) is 6.07 Å². The van der Waals surface area contributed by atoms with E-state index >= 15 is 0 Å². The van der Waals surface area contributed by atoms with Crippen molar-refractivity contribution in [3.8, 4) is 5.82 Å². The zero-order valence-corrected chi connectivity index (χ0v) is 16.5. The predicted molar refractivity (Wildman–Crippen MR) is 106 cm³/mol. The first kappa shape index (κ1) is 19.6. The third kappa shape index (κ3) is 4.17.